The van der Waals surface area contributed by atoms with Crippen LogP contribution in [0, 0.1) is 12.7 Å². The molecular formula is C16H21BrFN3. The lowest BCUT2D eigenvalue weighted by molar-refractivity contribution is 0.516. The molecule has 21 heavy (non-hydrogen) atoms. The number of nitrogens with one attached hydrogen (secondary N) is 1. The van der Waals surface area contributed by atoms with Gasteiger partial charge in [-0.3, -0.25) is 4.68 Å². The average molecular weight is 354 g/mol. The minimum absolute atomic E-state index is 0.0754. The Morgan fingerprint density at radius 3 is 2.76 bits per heavy atom. The first-order chi connectivity index (χ1) is 10.1. The monoisotopic (exact) mass is 353 g/mol. The van der Waals surface area contributed by atoms with Gasteiger partial charge in [-0.1, -0.05) is 26.0 Å². The van der Waals surface area contributed by atoms with E-state index >= 15 is 0 Å². The van der Waals surface area contributed by atoms with Crippen LogP contribution in [0.4, 0.5) is 4.39 Å². The summed E-state index contributed by atoms with van der Waals surface area (Å²) in [4.78, 5) is 0. The van der Waals surface area contributed by atoms with Gasteiger partial charge in [-0.05, 0) is 53.0 Å². The fourth-order valence-electron chi connectivity index (χ4n) is 2.41. The molecule has 0 saturated carbocycles. The van der Waals surface area contributed by atoms with E-state index in [0.29, 0.717) is 5.56 Å². The molecule has 2 aromatic rings. The maximum atomic E-state index is 13.9. The van der Waals surface area contributed by atoms with E-state index in [1.54, 1.807) is 19.2 Å². The van der Waals surface area contributed by atoms with Gasteiger partial charge in [-0.25, -0.2) is 4.39 Å². The van der Waals surface area contributed by atoms with Crippen molar-refractivity contribution in [2.75, 3.05) is 6.54 Å². The minimum Gasteiger partial charge on any atom is -0.305 e. The van der Waals surface area contributed by atoms with E-state index in [-0.39, 0.29) is 11.9 Å². The van der Waals surface area contributed by atoms with Crippen LogP contribution in [0.1, 0.15) is 43.1 Å². The quantitative estimate of drug-likeness (QED) is 0.843. The zero-order valence-electron chi connectivity index (χ0n) is 12.7. The van der Waals surface area contributed by atoms with Gasteiger partial charge >= 0.3 is 0 Å². The van der Waals surface area contributed by atoms with Crippen LogP contribution in [0.2, 0.25) is 0 Å². The summed E-state index contributed by atoms with van der Waals surface area (Å²) in [5.41, 5.74) is 2.62. The lowest BCUT2D eigenvalue weighted by Gasteiger charge is -2.21. The Kier molecular flexibility index (Phi) is 5.53. The Morgan fingerprint density at radius 2 is 2.14 bits per heavy atom. The van der Waals surface area contributed by atoms with E-state index in [1.165, 1.54) is 0 Å². The minimum atomic E-state index is -0.173. The first-order valence-electron chi connectivity index (χ1n) is 7.29. The van der Waals surface area contributed by atoms with Crippen molar-refractivity contribution in [3.63, 3.8) is 0 Å². The molecule has 1 heterocycles. The molecule has 0 fully saturated rings. The number of aromatic nitrogens is 2. The Hall–Kier alpha value is -1.20. The van der Waals surface area contributed by atoms with Crippen molar-refractivity contribution in [2.24, 2.45) is 0 Å². The zero-order chi connectivity index (χ0) is 15.4. The first-order valence-corrected chi connectivity index (χ1v) is 8.08. The zero-order valence-corrected chi connectivity index (χ0v) is 14.2. The second-order valence-corrected chi connectivity index (χ2v) is 5.95. The molecule has 1 unspecified atom stereocenters. The fourth-order valence-corrected chi connectivity index (χ4v) is 2.94. The molecule has 0 bridgehead atoms. The number of halogens is 2. The van der Waals surface area contributed by atoms with E-state index in [1.807, 2.05) is 23.7 Å². The number of rotatable bonds is 6. The molecule has 0 aliphatic rings. The maximum absolute atomic E-state index is 13.9. The lowest BCUT2D eigenvalue weighted by Crippen LogP contribution is -2.25. The van der Waals surface area contributed by atoms with Gasteiger partial charge in [0.25, 0.3) is 0 Å². The van der Waals surface area contributed by atoms with E-state index in [2.05, 4.69) is 33.3 Å². The normalized spacial score (nSPS) is 12.6. The Morgan fingerprint density at radius 1 is 1.38 bits per heavy atom. The Labute approximate surface area is 133 Å². The Bertz CT molecular complexity index is 610. The summed E-state index contributed by atoms with van der Waals surface area (Å²) in [6.45, 7) is 7.58. The third-order valence-electron chi connectivity index (χ3n) is 3.48. The van der Waals surface area contributed by atoms with Crippen molar-refractivity contribution in [3.8, 4) is 0 Å². The number of hydrogen-bond donors (Lipinski definition) is 1. The molecular weight excluding hydrogens is 333 g/mol. The van der Waals surface area contributed by atoms with E-state index < -0.39 is 0 Å². The number of hydrogen-bond acceptors (Lipinski definition) is 2. The molecule has 0 aliphatic heterocycles. The molecule has 2 rings (SSSR count). The summed E-state index contributed by atoms with van der Waals surface area (Å²) in [7, 11) is 0. The van der Waals surface area contributed by atoms with Crippen LogP contribution in [0.25, 0.3) is 0 Å². The lowest BCUT2D eigenvalue weighted by atomic mass is 10.0. The summed E-state index contributed by atoms with van der Waals surface area (Å²) in [6, 6.07) is 5.33. The second-order valence-electron chi connectivity index (χ2n) is 5.10. The van der Waals surface area contributed by atoms with Crippen molar-refractivity contribution in [1.29, 1.82) is 0 Å². The van der Waals surface area contributed by atoms with Crippen molar-refractivity contribution >= 4 is 15.9 Å². The summed E-state index contributed by atoms with van der Waals surface area (Å²) >= 11 is 3.57. The van der Waals surface area contributed by atoms with Gasteiger partial charge < -0.3 is 5.32 Å². The van der Waals surface area contributed by atoms with E-state index in [0.717, 1.165) is 35.2 Å². The van der Waals surface area contributed by atoms with Crippen LogP contribution < -0.4 is 5.32 Å². The van der Waals surface area contributed by atoms with Crippen molar-refractivity contribution in [3.05, 3.63) is 51.5 Å². The molecule has 0 radical (unpaired) electrons. The third-order valence-corrected chi connectivity index (χ3v) is 4.09. The standard InChI is InChI=1S/C16H21BrFN3/c1-4-8-21-16(13(17)10-20-21)15(19-5-2)12-7-6-11(3)14(18)9-12/h6-7,9-10,15,19H,4-5,8H2,1-3H3. The van der Waals surface area contributed by atoms with Gasteiger partial charge in [0.05, 0.1) is 22.4 Å². The van der Waals surface area contributed by atoms with Gasteiger partial charge in [-0.15, -0.1) is 0 Å². The molecule has 114 valence electrons. The van der Waals surface area contributed by atoms with Crippen LogP contribution in [0.5, 0.6) is 0 Å². The molecule has 3 nitrogen and oxygen atoms in total. The predicted octanol–water partition coefficient (Wildman–Crippen LogP) is 4.20. The topological polar surface area (TPSA) is 29.9 Å². The first kappa shape index (κ1) is 16.2. The highest BCUT2D eigenvalue weighted by molar-refractivity contribution is 9.10. The predicted molar refractivity (Wildman–Crippen MR) is 86.9 cm³/mol. The van der Waals surface area contributed by atoms with Crippen molar-refractivity contribution in [1.82, 2.24) is 15.1 Å². The number of benzene rings is 1. The molecule has 0 amide bonds. The van der Waals surface area contributed by atoms with Crippen molar-refractivity contribution in [2.45, 2.75) is 39.8 Å². The summed E-state index contributed by atoms with van der Waals surface area (Å²) < 4.78 is 16.8. The Balaban J connectivity index is 2.47. The largest absolute Gasteiger partial charge is 0.305 e. The van der Waals surface area contributed by atoms with Crippen molar-refractivity contribution < 1.29 is 4.39 Å². The third kappa shape index (κ3) is 3.52. The van der Waals surface area contributed by atoms with Gasteiger partial charge in [-0.2, -0.15) is 5.10 Å². The number of aryl methyl sites for hydroxylation is 2. The van der Waals surface area contributed by atoms with Gasteiger partial charge in [0, 0.05) is 6.54 Å². The molecule has 5 heteroatoms. The maximum Gasteiger partial charge on any atom is 0.126 e. The fraction of sp³-hybridized carbons (Fsp3) is 0.438. The molecule has 0 saturated heterocycles. The molecule has 0 aliphatic carbocycles. The molecule has 1 N–H and O–H groups in total. The molecule has 0 spiro atoms. The average Bonchev–Trinajstić information content (AvgIpc) is 2.81. The molecule has 1 atom stereocenters. The van der Waals surface area contributed by atoms with Gasteiger partial charge in [0.2, 0.25) is 0 Å². The van der Waals surface area contributed by atoms with Crippen LogP contribution in [0.15, 0.2) is 28.9 Å². The van der Waals surface area contributed by atoms with Crippen LogP contribution in [-0.2, 0) is 6.54 Å². The highest BCUT2D eigenvalue weighted by Crippen LogP contribution is 2.29. The van der Waals surface area contributed by atoms with E-state index in [4.69, 9.17) is 0 Å². The smallest absolute Gasteiger partial charge is 0.126 e. The summed E-state index contributed by atoms with van der Waals surface area (Å²) in [5, 5.41) is 7.84. The van der Waals surface area contributed by atoms with Gasteiger partial charge in [0.1, 0.15) is 5.82 Å². The molecule has 1 aromatic carbocycles. The van der Waals surface area contributed by atoms with Crippen LogP contribution >= 0.6 is 15.9 Å². The van der Waals surface area contributed by atoms with Gasteiger partial charge in [0.15, 0.2) is 0 Å². The molecule has 1 aromatic heterocycles. The van der Waals surface area contributed by atoms with Crippen LogP contribution in [0.3, 0.4) is 0 Å². The highest BCUT2D eigenvalue weighted by atomic mass is 79.9. The second kappa shape index (κ2) is 7.18. The van der Waals surface area contributed by atoms with Crippen LogP contribution in [-0.4, -0.2) is 16.3 Å². The SMILES string of the molecule is CCCn1ncc(Br)c1C(NCC)c1ccc(C)c(F)c1. The number of nitrogens with zero attached hydrogens (tertiary/aromatic N) is 2. The van der Waals surface area contributed by atoms with E-state index in [9.17, 15) is 4.39 Å². The highest BCUT2D eigenvalue weighted by Gasteiger charge is 2.21. The summed E-state index contributed by atoms with van der Waals surface area (Å²) in [6.07, 6.45) is 2.81. The summed E-state index contributed by atoms with van der Waals surface area (Å²) in [5.74, 6) is -0.173.